The number of nitrogens with zero attached hydrogens (tertiary/aromatic N) is 3. The number of aromatic nitrogens is 3. The van der Waals surface area contributed by atoms with Gasteiger partial charge in [-0.3, -0.25) is 4.98 Å². The highest BCUT2D eigenvalue weighted by Gasteiger charge is 2.13. The van der Waals surface area contributed by atoms with Crippen molar-refractivity contribution in [2.75, 3.05) is 0 Å². The molecule has 2 aromatic heterocycles. The number of halogens is 1. The monoisotopic (exact) mass is 331 g/mol. The van der Waals surface area contributed by atoms with Crippen molar-refractivity contribution in [2.24, 2.45) is 0 Å². The van der Waals surface area contributed by atoms with Gasteiger partial charge in [0.1, 0.15) is 5.75 Å². The highest BCUT2D eigenvalue weighted by atomic mass is 79.9. The first-order chi connectivity index (χ1) is 9.72. The van der Waals surface area contributed by atoms with Crippen molar-refractivity contribution in [3.63, 3.8) is 0 Å². The minimum absolute atomic E-state index is 0.102. The molecule has 0 fully saturated rings. The van der Waals surface area contributed by atoms with E-state index in [1.807, 2.05) is 12.1 Å². The number of hydrogen-bond donors (Lipinski definition) is 1. The van der Waals surface area contributed by atoms with Crippen LogP contribution in [0, 0.1) is 0 Å². The Kier molecular flexibility index (Phi) is 3.47. The van der Waals surface area contributed by atoms with Gasteiger partial charge in [0.25, 0.3) is 5.89 Å². The zero-order valence-corrected chi connectivity index (χ0v) is 11.9. The van der Waals surface area contributed by atoms with E-state index in [9.17, 15) is 5.11 Å². The molecule has 20 heavy (non-hydrogen) atoms. The summed E-state index contributed by atoms with van der Waals surface area (Å²) in [5, 5.41) is 13.7. The van der Waals surface area contributed by atoms with Crippen LogP contribution in [0.15, 0.2) is 51.7 Å². The Labute approximate surface area is 123 Å². The number of aromatic hydroxyl groups is 1. The summed E-state index contributed by atoms with van der Waals surface area (Å²) >= 11 is 3.34. The standard InChI is InChI=1S/C14H10BrN3O2/c15-10-3-4-12(19)11(7-10)14-17-13(18-20-14)6-9-2-1-5-16-8-9/h1-5,7-8,19H,6H2. The molecule has 0 aliphatic carbocycles. The maximum atomic E-state index is 9.83. The number of hydrogen-bond acceptors (Lipinski definition) is 5. The largest absolute Gasteiger partial charge is 0.507 e. The third-order valence-electron chi connectivity index (χ3n) is 2.74. The van der Waals surface area contributed by atoms with E-state index in [0.717, 1.165) is 10.0 Å². The number of pyridine rings is 1. The van der Waals surface area contributed by atoms with E-state index in [-0.39, 0.29) is 5.75 Å². The summed E-state index contributed by atoms with van der Waals surface area (Å²) in [5.74, 6) is 0.944. The summed E-state index contributed by atoms with van der Waals surface area (Å²) in [7, 11) is 0. The lowest BCUT2D eigenvalue weighted by Crippen LogP contribution is -1.91. The molecule has 0 radical (unpaired) electrons. The van der Waals surface area contributed by atoms with Gasteiger partial charge in [-0.1, -0.05) is 27.2 Å². The van der Waals surface area contributed by atoms with Crippen molar-refractivity contribution >= 4 is 15.9 Å². The topological polar surface area (TPSA) is 72.0 Å². The van der Waals surface area contributed by atoms with E-state index in [0.29, 0.717) is 23.7 Å². The second-order valence-corrected chi connectivity index (χ2v) is 5.13. The van der Waals surface area contributed by atoms with Crippen LogP contribution in [0.25, 0.3) is 11.5 Å². The van der Waals surface area contributed by atoms with Crippen molar-refractivity contribution in [3.05, 3.63) is 58.6 Å². The van der Waals surface area contributed by atoms with Crippen LogP contribution < -0.4 is 0 Å². The van der Waals surface area contributed by atoms with Gasteiger partial charge in [-0.2, -0.15) is 4.98 Å². The molecule has 0 saturated heterocycles. The Bertz CT molecular complexity index is 728. The van der Waals surface area contributed by atoms with Gasteiger partial charge in [-0.05, 0) is 29.8 Å². The molecule has 0 unspecified atom stereocenters. The minimum Gasteiger partial charge on any atom is -0.507 e. The summed E-state index contributed by atoms with van der Waals surface area (Å²) in [6.07, 6.45) is 4.00. The van der Waals surface area contributed by atoms with Crippen LogP contribution >= 0.6 is 15.9 Å². The molecular weight excluding hydrogens is 322 g/mol. The fourth-order valence-corrected chi connectivity index (χ4v) is 2.16. The molecule has 6 heteroatoms. The molecule has 0 atom stereocenters. The summed E-state index contributed by atoms with van der Waals surface area (Å²) in [4.78, 5) is 8.33. The summed E-state index contributed by atoms with van der Waals surface area (Å²) in [6, 6.07) is 8.85. The first-order valence-corrected chi connectivity index (χ1v) is 6.72. The summed E-state index contributed by atoms with van der Waals surface area (Å²) < 4.78 is 6.03. The molecule has 3 rings (SSSR count). The second kappa shape index (κ2) is 5.42. The first-order valence-electron chi connectivity index (χ1n) is 5.93. The zero-order chi connectivity index (χ0) is 13.9. The minimum atomic E-state index is 0.102. The summed E-state index contributed by atoms with van der Waals surface area (Å²) in [5.41, 5.74) is 1.50. The number of phenolic OH excluding ortho intramolecular Hbond substituents is 1. The molecule has 0 aliphatic heterocycles. The fourth-order valence-electron chi connectivity index (χ4n) is 1.80. The SMILES string of the molecule is Oc1ccc(Br)cc1-c1nc(Cc2cccnc2)no1. The van der Waals surface area contributed by atoms with Crippen LogP contribution in [0.2, 0.25) is 0 Å². The molecule has 0 spiro atoms. The van der Waals surface area contributed by atoms with Gasteiger partial charge in [0.2, 0.25) is 0 Å². The Balaban J connectivity index is 1.88. The third kappa shape index (κ3) is 2.70. The molecule has 0 amide bonds. The van der Waals surface area contributed by atoms with Gasteiger partial charge >= 0.3 is 0 Å². The number of phenols is 1. The molecule has 0 aliphatic rings. The second-order valence-electron chi connectivity index (χ2n) is 4.22. The number of rotatable bonds is 3. The van der Waals surface area contributed by atoms with Gasteiger partial charge in [-0.15, -0.1) is 0 Å². The lowest BCUT2D eigenvalue weighted by atomic mass is 10.2. The van der Waals surface area contributed by atoms with Gasteiger partial charge in [0, 0.05) is 23.3 Å². The molecule has 0 saturated carbocycles. The molecule has 1 N–H and O–H groups in total. The van der Waals surface area contributed by atoms with Crippen LogP contribution in [0.4, 0.5) is 0 Å². The highest BCUT2D eigenvalue weighted by Crippen LogP contribution is 2.30. The van der Waals surface area contributed by atoms with Crippen LogP contribution in [-0.2, 0) is 6.42 Å². The molecule has 5 nitrogen and oxygen atoms in total. The highest BCUT2D eigenvalue weighted by molar-refractivity contribution is 9.10. The van der Waals surface area contributed by atoms with Gasteiger partial charge in [0.05, 0.1) is 5.56 Å². The van der Waals surface area contributed by atoms with Crippen molar-refractivity contribution in [2.45, 2.75) is 6.42 Å². The Morgan fingerprint density at radius 1 is 1.25 bits per heavy atom. The van der Waals surface area contributed by atoms with Crippen molar-refractivity contribution in [1.82, 2.24) is 15.1 Å². The van der Waals surface area contributed by atoms with Gasteiger partial charge in [0.15, 0.2) is 5.82 Å². The quantitative estimate of drug-likeness (QED) is 0.797. The van der Waals surface area contributed by atoms with Crippen LogP contribution in [0.3, 0.4) is 0 Å². The Morgan fingerprint density at radius 3 is 2.95 bits per heavy atom. The van der Waals surface area contributed by atoms with Crippen molar-refractivity contribution in [1.29, 1.82) is 0 Å². The van der Waals surface area contributed by atoms with Gasteiger partial charge < -0.3 is 9.63 Å². The average molecular weight is 332 g/mol. The van der Waals surface area contributed by atoms with E-state index in [1.54, 1.807) is 30.6 Å². The molecule has 3 aromatic rings. The van der Waals surface area contributed by atoms with Crippen LogP contribution in [0.5, 0.6) is 5.75 Å². The zero-order valence-electron chi connectivity index (χ0n) is 10.3. The molecular formula is C14H10BrN3O2. The predicted octanol–water partition coefficient (Wildman–Crippen LogP) is 3.19. The third-order valence-corrected chi connectivity index (χ3v) is 3.24. The Morgan fingerprint density at radius 2 is 2.15 bits per heavy atom. The smallest absolute Gasteiger partial charge is 0.261 e. The van der Waals surface area contributed by atoms with E-state index < -0.39 is 0 Å². The Hall–Kier alpha value is -2.21. The predicted molar refractivity (Wildman–Crippen MR) is 76.1 cm³/mol. The molecule has 1 aromatic carbocycles. The normalized spacial score (nSPS) is 10.7. The van der Waals surface area contributed by atoms with Crippen LogP contribution in [-0.4, -0.2) is 20.2 Å². The maximum Gasteiger partial charge on any atom is 0.261 e. The maximum absolute atomic E-state index is 9.83. The first kappa shape index (κ1) is 12.8. The van der Waals surface area contributed by atoms with Gasteiger partial charge in [-0.25, -0.2) is 0 Å². The lowest BCUT2D eigenvalue weighted by molar-refractivity contribution is 0.418. The molecule has 0 bridgehead atoms. The lowest BCUT2D eigenvalue weighted by Gasteiger charge is -1.99. The fraction of sp³-hybridized carbons (Fsp3) is 0.0714. The summed E-state index contributed by atoms with van der Waals surface area (Å²) in [6.45, 7) is 0. The molecule has 100 valence electrons. The van der Waals surface area contributed by atoms with Crippen molar-refractivity contribution in [3.8, 4) is 17.2 Å². The number of benzene rings is 1. The van der Waals surface area contributed by atoms with E-state index in [1.165, 1.54) is 0 Å². The average Bonchev–Trinajstić information content (AvgIpc) is 2.91. The molecule has 2 heterocycles. The van der Waals surface area contributed by atoms with E-state index in [4.69, 9.17) is 4.52 Å². The van der Waals surface area contributed by atoms with E-state index in [2.05, 4.69) is 31.1 Å². The van der Waals surface area contributed by atoms with Crippen molar-refractivity contribution < 1.29 is 9.63 Å². The van der Waals surface area contributed by atoms with Crippen LogP contribution in [0.1, 0.15) is 11.4 Å². The van der Waals surface area contributed by atoms with E-state index >= 15 is 0 Å².